The van der Waals surface area contributed by atoms with Crippen molar-refractivity contribution >= 4 is 29.2 Å². The molecule has 27 heavy (non-hydrogen) atoms. The first-order chi connectivity index (χ1) is 13.1. The number of rotatable bonds is 5. The van der Waals surface area contributed by atoms with Gasteiger partial charge < -0.3 is 15.3 Å². The molecule has 0 unspecified atom stereocenters. The van der Waals surface area contributed by atoms with Crippen LogP contribution in [0, 0.1) is 10.6 Å². The topological polar surface area (TPSA) is 78.5 Å². The number of aromatic amines is 2. The van der Waals surface area contributed by atoms with E-state index in [1.54, 1.807) is 10.9 Å². The van der Waals surface area contributed by atoms with Crippen molar-refractivity contribution in [1.29, 1.82) is 0 Å². The lowest BCUT2D eigenvalue weighted by atomic mass is 10.1. The Kier molecular flexibility index (Phi) is 4.55. The SMILES string of the molecule is O=C(NCCc1ccc(-n2cccn2)cc1)c1cc(F)cc2[nH]c(=S)[nH]c12. The quantitative estimate of drug-likeness (QED) is 0.463. The van der Waals surface area contributed by atoms with E-state index in [2.05, 4.69) is 20.4 Å². The molecule has 0 atom stereocenters. The highest BCUT2D eigenvalue weighted by Gasteiger charge is 2.13. The largest absolute Gasteiger partial charge is 0.352 e. The minimum absolute atomic E-state index is 0.228. The summed E-state index contributed by atoms with van der Waals surface area (Å²) in [7, 11) is 0. The monoisotopic (exact) mass is 381 g/mol. The van der Waals surface area contributed by atoms with Crippen molar-refractivity contribution in [2.75, 3.05) is 6.54 Å². The molecule has 2 aromatic carbocycles. The molecule has 3 N–H and O–H groups in total. The van der Waals surface area contributed by atoms with Crippen LogP contribution in [-0.4, -0.2) is 32.2 Å². The van der Waals surface area contributed by atoms with Crippen LogP contribution in [0.3, 0.4) is 0 Å². The van der Waals surface area contributed by atoms with Crippen LogP contribution < -0.4 is 5.32 Å². The molecule has 0 saturated heterocycles. The third-order valence-electron chi connectivity index (χ3n) is 4.24. The van der Waals surface area contributed by atoms with Crippen molar-refractivity contribution in [3.05, 3.63) is 76.6 Å². The minimum Gasteiger partial charge on any atom is -0.352 e. The number of nitrogens with one attached hydrogen (secondary N) is 3. The number of carbonyl (C=O) groups is 1. The van der Waals surface area contributed by atoms with E-state index >= 15 is 0 Å². The molecule has 0 fully saturated rings. The maximum atomic E-state index is 13.8. The molecule has 8 heteroatoms. The summed E-state index contributed by atoms with van der Waals surface area (Å²) in [6, 6.07) is 12.3. The Morgan fingerprint density at radius 1 is 1.22 bits per heavy atom. The number of nitrogens with zero attached hydrogens (tertiary/aromatic N) is 2. The van der Waals surface area contributed by atoms with Crippen LogP contribution >= 0.6 is 12.2 Å². The predicted molar refractivity (Wildman–Crippen MR) is 103 cm³/mol. The molecule has 2 heterocycles. The first kappa shape index (κ1) is 17.2. The van der Waals surface area contributed by atoms with Gasteiger partial charge in [0.25, 0.3) is 5.91 Å². The summed E-state index contributed by atoms with van der Waals surface area (Å²) in [6.45, 7) is 0.434. The third kappa shape index (κ3) is 3.65. The molecule has 1 amide bonds. The number of imidazole rings is 1. The van der Waals surface area contributed by atoms with Gasteiger partial charge in [-0.3, -0.25) is 4.79 Å². The number of carbonyl (C=O) groups excluding carboxylic acids is 1. The molecule has 136 valence electrons. The Balaban J connectivity index is 1.42. The van der Waals surface area contributed by atoms with Gasteiger partial charge in [0.05, 0.1) is 22.3 Å². The van der Waals surface area contributed by atoms with Crippen LogP contribution in [0.5, 0.6) is 0 Å². The normalized spacial score (nSPS) is 11.0. The maximum absolute atomic E-state index is 13.8. The van der Waals surface area contributed by atoms with E-state index in [1.165, 1.54) is 12.1 Å². The average molecular weight is 381 g/mol. The maximum Gasteiger partial charge on any atom is 0.253 e. The molecule has 0 spiro atoms. The van der Waals surface area contributed by atoms with Gasteiger partial charge in [0.15, 0.2) is 4.77 Å². The summed E-state index contributed by atoms with van der Waals surface area (Å²) in [4.78, 5) is 18.2. The summed E-state index contributed by atoms with van der Waals surface area (Å²) >= 11 is 5.02. The molecule has 0 saturated carbocycles. The molecule has 0 aliphatic heterocycles. The van der Waals surface area contributed by atoms with Crippen LogP contribution in [0.4, 0.5) is 4.39 Å². The minimum atomic E-state index is -0.493. The van der Waals surface area contributed by atoms with Gasteiger partial charge in [-0.05, 0) is 54.5 Å². The Morgan fingerprint density at radius 3 is 2.78 bits per heavy atom. The number of halogens is 1. The van der Waals surface area contributed by atoms with Crippen molar-refractivity contribution in [3.63, 3.8) is 0 Å². The van der Waals surface area contributed by atoms with Gasteiger partial charge in [0.2, 0.25) is 0 Å². The van der Waals surface area contributed by atoms with E-state index in [1.807, 2.05) is 36.5 Å². The molecule has 0 bridgehead atoms. The van der Waals surface area contributed by atoms with Gasteiger partial charge >= 0.3 is 0 Å². The first-order valence-corrected chi connectivity index (χ1v) is 8.80. The molecular weight excluding hydrogens is 365 g/mol. The van der Waals surface area contributed by atoms with Crippen molar-refractivity contribution in [2.45, 2.75) is 6.42 Å². The molecule has 4 aromatic rings. The van der Waals surface area contributed by atoms with Gasteiger partial charge in [-0.15, -0.1) is 0 Å². The highest BCUT2D eigenvalue weighted by Crippen LogP contribution is 2.18. The van der Waals surface area contributed by atoms with E-state index in [0.717, 1.165) is 11.3 Å². The molecule has 0 aliphatic carbocycles. The molecule has 0 radical (unpaired) electrons. The second-order valence-corrected chi connectivity index (χ2v) is 6.49. The van der Waals surface area contributed by atoms with Crippen molar-refractivity contribution in [2.24, 2.45) is 0 Å². The second kappa shape index (κ2) is 7.16. The van der Waals surface area contributed by atoms with Crippen LogP contribution in [0.15, 0.2) is 54.9 Å². The molecular formula is C19H16FN5OS. The summed E-state index contributed by atoms with van der Waals surface area (Å²) in [5, 5.41) is 7.01. The molecule has 0 aliphatic rings. The zero-order valence-electron chi connectivity index (χ0n) is 14.2. The van der Waals surface area contributed by atoms with Gasteiger partial charge in [-0.1, -0.05) is 12.1 Å². The predicted octanol–water partition coefficient (Wildman–Crippen LogP) is 3.52. The number of fused-ring (bicyclic) bond motifs is 1. The first-order valence-electron chi connectivity index (χ1n) is 8.39. The van der Waals surface area contributed by atoms with E-state index < -0.39 is 5.82 Å². The fourth-order valence-corrected chi connectivity index (χ4v) is 3.15. The Labute approximate surface area is 159 Å². The number of hydrogen-bond acceptors (Lipinski definition) is 3. The number of aromatic nitrogens is 4. The molecule has 4 rings (SSSR count). The highest BCUT2D eigenvalue weighted by molar-refractivity contribution is 7.71. The van der Waals surface area contributed by atoms with Crippen LogP contribution in [0.25, 0.3) is 16.7 Å². The van der Waals surface area contributed by atoms with E-state index in [-0.39, 0.29) is 11.5 Å². The van der Waals surface area contributed by atoms with Crippen LogP contribution in [-0.2, 0) is 6.42 Å². The molecule has 6 nitrogen and oxygen atoms in total. The lowest BCUT2D eigenvalue weighted by molar-refractivity contribution is 0.0955. The van der Waals surface area contributed by atoms with Crippen molar-refractivity contribution in [3.8, 4) is 5.69 Å². The fourth-order valence-electron chi connectivity index (χ4n) is 2.94. The Morgan fingerprint density at radius 2 is 2.04 bits per heavy atom. The summed E-state index contributed by atoms with van der Waals surface area (Å²) < 4.78 is 15.9. The standard InChI is InChI=1S/C19H16FN5OS/c20-13-10-15(17-16(11-13)23-19(27)24-17)18(26)21-8-6-12-2-4-14(5-3-12)25-9-1-7-22-25/h1-5,7,9-11H,6,8H2,(H,21,26)(H2,23,24,27). The van der Waals surface area contributed by atoms with Gasteiger partial charge in [0.1, 0.15) is 5.82 Å². The van der Waals surface area contributed by atoms with Crippen LogP contribution in [0.2, 0.25) is 0 Å². The van der Waals surface area contributed by atoms with Crippen molar-refractivity contribution in [1.82, 2.24) is 25.1 Å². The number of H-pyrrole nitrogens is 2. The van der Waals surface area contributed by atoms with Crippen LogP contribution in [0.1, 0.15) is 15.9 Å². The van der Waals surface area contributed by atoms with E-state index in [0.29, 0.717) is 28.8 Å². The zero-order chi connectivity index (χ0) is 18.8. The molecule has 2 aromatic heterocycles. The average Bonchev–Trinajstić information content (AvgIpc) is 3.30. The summed E-state index contributed by atoms with van der Waals surface area (Å²) in [5.41, 5.74) is 3.25. The summed E-state index contributed by atoms with van der Waals surface area (Å²) in [6.07, 6.45) is 4.26. The number of amides is 1. The van der Waals surface area contributed by atoms with Gasteiger partial charge in [-0.25, -0.2) is 9.07 Å². The number of benzene rings is 2. The Bertz CT molecular complexity index is 1150. The Hall–Kier alpha value is -3.26. The van der Waals surface area contributed by atoms with Crippen molar-refractivity contribution < 1.29 is 9.18 Å². The zero-order valence-corrected chi connectivity index (χ0v) is 15.0. The van der Waals surface area contributed by atoms with E-state index in [9.17, 15) is 9.18 Å². The third-order valence-corrected chi connectivity index (χ3v) is 4.44. The lowest BCUT2D eigenvalue weighted by Crippen LogP contribution is -2.26. The van der Waals surface area contributed by atoms with Gasteiger partial charge in [0, 0.05) is 18.9 Å². The lowest BCUT2D eigenvalue weighted by Gasteiger charge is -2.08. The number of hydrogen-bond donors (Lipinski definition) is 3. The highest BCUT2D eigenvalue weighted by atomic mass is 32.1. The fraction of sp³-hybridized carbons (Fsp3) is 0.105. The summed E-state index contributed by atoms with van der Waals surface area (Å²) in [5.74, 6) is -0.843. The van der Waals surface area contributed by atoms with Gasteiger partial charge in [-0.2, -0.15) is 5.10 Å². The van der Waals surface area contributed by atoms with E-state index in [4.69, 9.17) is 12.2 Å². The second-order valence-electron chi connectivity index (χ2n) is 6.08. The smallest absolute Gasteiger partial charge is 0.253 e.